The average molecular weight is 360 g/mol. The van der Waals surface area contributed by atoms with Crippen LogP contribution in [0, 0.1) is 0 Å². The van der Waals surface area contributed by atoms with Gasteiger partial charge in [0.2, 0.25) is 0 Å². The van der Waals surface area contributed by atoms with Crippen LogP contribution < -0.4 is 26.3 Å². The molecule has 0 aromatic heterocycles. The second-order valence-corrected chi connectivity index (χ2v) is 5.17. The number of primary amides is 1. The molecule has 2 rings (SSSR count). The summed E-state index contributed by atoms with van der Waals surface area (Å²) in [5, 5.41) is 2.66. The summed E-state index contributed by atoms with van der Waals surface area (Å²) in [5.74, 6) is -0.316. The summed E-state index contributed by atoms with van der Waals surface area (Å²) in [5.41, 5.74) is 11.3. The number of nitrogens with one attached hydrogen (secondary N) is 1. The van der Waals surface area contributed by atoms with E-state index in [2.05, 4.69) is 5.32 Å². The first kappa shape index (κ1) is 20.0. The number of carbonyl (C=O) groups is 2. The molecule has 2 amide bonds. The van der Waals surface area contributed by atoms with E-state index in [9.17, 15) is 9.59 Å². The molecule has 0 bridgehead atoms. The molecule has 0 saturated carbocycles. The Morgan fingerprint density at radius 1 is 1.25 bits per heavy atom. The molecule has 1 heterocycles. The molecule has 1 aliphatic rings. The van der Waals surface area contributed by atoms with Crippen molar-refractivity contribution in [3.63, 3.8) is 0 Å². The fraction of sp³-hybridized carbons (Fsp3) is 0.467. The van der Waals surface area contributed by atoms with Crippen molar-refractivity contribution in [2.24, 2.45) is 11.5 Å². The van der Waals surface area contributed by atoms with Crippen LogP contribution in [-0.4, -0.2) is 44.8 Å². The van der Waals surface area contributed by atoms with Crippen LogP contribution in [0.1, 0.15) is 23.2 Å². The summed E-state index contributed by atoms with van der Waals surface area (Å²) in [6.45, 7) is 0.368. The lowest BCUT2D eigenvalue weighted by Gasteiger charge is -2.16. The Morgan fingerprint density at radius 3 is 2.38 bits per heavy atom. The molecule has 0 unspecified atom stereocenters. The minimum absolute atomic E-state index is 0. The maximum Gasteiger partial charge on any atom is 0.253 e. The van der Waals surface area contributed by atoms with Crippen molar-refractivity contribution in [1.29, 1.82) is 0 Å². The van der Waals surface area contributed by atoms with Gasteiger partial charge < -0.3 is 31.0 Å². The Bertz CT molecular complexity index is 611. The zero-order valence-corrected chi connectivity index (χ0v) is 14.4. The lowest BCUT2D eigenvalue weighted by atomic mass is 10.1. The summed E-state index contributed by atoms with van der Waals surface area (Å²) in [6.07, 6.45) is 0.583. The predicted molar refractivity (Wildman–Crippen MR) is 90.9 cm³/mol. The van der Waals surface area contributed by atoms with Crippen LogP contribution >= 0.6 is 12.4 Å². The number of nitrogens with two attached hydrogens (primary N) is 2. The molecule has 134 valence electrons. The fourth-order valence-electron chi connectivity index (χ4n) is 2.47. The van der Waals surface area contributed by atoms with Gasteiger partial charge in [0, 0.05) is 12.6 Å². The van der Waals surface area contributed by atoms with Crippen LogP contribution in [0.5, 0.6) is 11.5 Å². The van der Waals surface area contributed by atoms with Gasteiger partial charge in [-0.05, 0) is 18.9 Å². The lowest BCUT2D eigenvalue weighted by Crippen LogP contribution is -2.30. The number of halogens is 1. The molecule has 1 saturated heterocycles. The number of benzene rings is 1. The fourth-order valence-corrected chi connectivity index (χ4v) is 2.47. The van der Waals surface area contributed by atoms with Gasteiger partial charge in [-0.15, -0.1) is 12.4 Å². The molecule has 1 fully saturated rings. The maximum absolute atomic E-state index is 12.3. The Hall–Kier alpha value is -2.03. The second-order valence-electron chi connectivity index (χ2n) is 5.17. The highest BCUT2D eigenvalue weighted by molar-refractivity contribution is 6.04. The molecule has 24 heavy (non-hydrogen) atoms. The largest absolute Gasteiger partial charge is 0.493 e. The van der Waals surface area contributed by atoms with Gasteiger partial charge in [-0.3, -0.25) is 9.59 Å². The Balaban J connectivity index is 0.00000288. The molecule has 8 nitrogen and oxygen atoms in total. The maximum atomic E-state index is 12.3. The monoisotopic (exact) mass is 359 g/mol. The summed E-state index contributed by atoms with van der Waals surface area (Å²) in [7, 11) is 2.90. The average Bonchev–Trinajstić information content (AvgIpc) is 3.03. The molecule has 0 radical (unpaired) electrons. The van der Waals surface area contributed by atoms with Crippen molar-refractivity contribution in [3.05, 3.63) is 17.7 Å². The standard InChI is InChI=1S/C15H21N3O5.ClH/c1-21-12-5-9(14(17)19)10(6-13(12)22-2)18-15(20)11-4-3-8(7-16)23-11;/h5-6,8,11H,3-4,7,16H2,1-2H3,(H2,17,19)(H,18,20);1H/t8-,11+;/m1./s1. The molecule has 1 aromatic rings. The predicted octanol–water partition coefficient (Wildman–Crippen LogP) is 0.669. The molecule has 9 heteroatoms. The van der Waals surface area contributed by atoms with Gasteiger partial charge in [-0.2, -0.15) is 0 Å². The summed E-state index contributed by atoms with van der Waals surface area (Å²) in [6, 6.07) is 2.92. The first-order valence-electron chi connectivity index (χ1n) is 7.22. The Kier molecular flexibility index (Phi) is 7.27. The Labute approximate surface area is 146 Å². The zero-order valence-electron chi connectivity index (χ0n) is 13.5. The third-order valence-corrected chi connectivity index (χ3v) is 3.71. The highest BCUT2D eigenvalue weighted by Gasteiger charge is 2.30. The zero-order chi connectivity index (χ0) is 17.0. The lowest BCUT2D eigenvalue weighted by molar-refractivity contribution is -0.126. The van der Waals surface area contributed by atoms with Crippen LogP contribution in [0.3, 0.4) is 0 Å². The number of rotatable bonds is 6. The highest BCUT2D eigenvalue weighted by Crippen LogP contribution is 2.33. The van der Waals surface area contributed by atoms with E-state index in [-0.39, 0.29) is 35.7 Å². The van der Waals surface area contributed by atoms with Crippen molar-refractivity contribution in [2.75, 3.05) is 26.1 Å². The van der Waals surface area contributed by atoms with E-state index in [0.717, 1.165) is 6.42 Å². The highest BCUT2D eigenvalue weighted by atomic mass is 35.5. The third-order valence-electron chi connectivity index (χ3n) is 3.71. The first-order valence-corrected chi connectivity index (χ1v) is 7.22. The van der Waals surface area contributed by atoms with Gasteiger partial charge in [0.05, 0.1) is 31.6 Å². The van der Waals surface area contributed by atoms with E-state index < -0.39 is 12.0 Å². The quantitative estimate of drug-likeness (QED) is 0.685. The molecule has 0 spiro atoms. The van der Waals surface area contributed by atoms with E-state index in [1.165, 1.54) is 26.4 Å². The van der Waals surface area contributed by atoms with Crippen molar-refractivity contribution in [3.8, 4) is 11.5 Å². The number of anilines is 1. The van der Waals surface area contributed by atoms with Crippen LogP contribution in [0.4, 0.5) is 5.69 Å². The van der Waals surface area contributed by atoms with Gasteiger partial charge in [-0.1, -0.05) is 0 Å². The van der Waals surface area contributed by atoms with E-state index >= 15 is 0 Å². The third kappa shape index (κ3) is 4.28. The molecule has 1 aromatic carbocycles. The molecule has 1 aliphatic heterocycles. The van der Waals surface area contributed by atoms with Crippen LogP contribution in [-0.2, 0) is 9.53 Å². The van der Waals surface area contributed by atoms with E-state index in [0.29, 0.717) is 24.5 Å². The van der Waals surface area contributed by atoms with Gasteiger partial charge in [0.25, 0.3) is 11.8 Å². The van der Waals surface area contributed by atoms with Gasteiger partial charge in [0.15, 0.2) is 11.5 Å². The topological polar surface area (TPSA) is 126 Å². The molecular formula is C15H22ClN3O5. The molecule has 2 atom stereocenters. The number of methoxy groups -OCH3 is 2. The SMILES string of the molecule is COc1cc(NC(=O)[C@@H]2CC[C@H](CN)O2)c(C(N)=O)cc1OC.Cl. The molecular weight excluding hydrogens is 338 g/mol. The van der Waals surface area contributed by atoms with Gasteiger partial charge in [-0.25, -0.2) is 0 Å². The number of amides is 2. The van der Waals surface area contributed by atoms with Crippen molar-refractivity contribution in [2.45, 2.75) is 25.0 Å². The minimum atomic E-state index is -0.687. The summed E-state index contributed by atoms with van der Waals surface area (Å²) in [4.78, 5) is 23.9. The first-order chi connectivity index (χ1) is 11.0. The minimum Gasteiger partial charge on any atom is -0.493 e. The number of hydrogen-bond donors (Lipinski definition) is 3. The van der Waals surface area contributed by atoms with Crippen LogP contribution in [0.15, 0.2) is 12.1 Å². The van der Waals surface area contributed by atoms with E-state index in [4.69, 9.17) is 25.7 Å². The molecule has 5 N–H and O–H groups in total. The Morgan fingerprint density at radius 2 is 1.88 bits per heavy atom. The van der Waals surface area contributed by atoms with Crippen LogP contribution in [0.25, 0.3) is 0 Å². The summed E-state index contributed by atoms with van der Waals surface area (Å²) >= 11 is 0. The molecule has 0 aliphatic carbocycles. The smallest absolute Gasteiger partial charge is 0.253 e. The van der Waals surface area contributed by atoms with E-state index in [1.807, 2.05) is 0 Å². The normalized spacial score (nSPS) is 19.3. The van der Waals surface area contributed by atoms with Crippen molar-refractivity contribution < 1.29 is 23.8 Å². The van der Waals surface area contributed by atoms with Crippen LogP contribution in [0.2, 0.25) is 0 Å². The second kappa shape index (κ2) is 8.72. The number of ether oxygens (including phenoxy) is 3. The van der Waals surface area contributed by atoms with Gasteiger partial charge in [0.1, 0.15) is 6.10 Å². The van der Waals surface area contributed by atoms with Gasteiger partial charge >= 0.3 is 0 Å². The number of carbonyl (C=O) groups excluding carboxylic acids is 2. The van der Waals surface area contributed by atoms with E-state index in [1.54, 1.807) is 0 Å². The van der Waals surface area contributed by atoms with Crippen molar-refractivity contribution in [1.82, 2.24) is 0 Å². The van der Waals surface area contributed by atoms with Crippen molar-refractivity contribution >= 4 is 29.9 Å². The summed E-state index contributed by atoms with van der Waals surface area (Å²) < 4.78 is 15.8. The number of hydrogen-bond acceptors (Lipinski definition) is 6.